The lowest BCUT2D eigenvalue weighted by Crippen LogP contribution is -2.44. The second-order valence-electron chi connectivity index (χ2n) is 13.2. The van der Waals surface area contributed by atoms with Crippen LogP contribution in [0.4, 0.5) is 28.8 Å². The van der Waals surface area contributed by atoms with Gasteiger partial charge in [0.25, 0.3) is 0 Å². The highest BCUT2D eigenvalue weighted by Gasteiger charge is 2.40. The predicted molar refractivity (Wildman–Crippen MR) is 190 cm³/mol. The third-order valence-corrected chi connectivity index (χ3v) is 11.9. The summed E-state index contributed by atoms with van der Waals surface area (Å²) in [7, 11) is -1.06. The van der Waals surface area contributed by atoms with Gasteiger partial charge < -0.3 is 39.0 Å². The van der Waals surface area contributed by atoms with Gasteiger partial charge >= 0.3 is 0 Å². The molecule has 3 fully saturated rings. The van der Waals surface area contributed by atoms with Crippen molar-refractivity contribution < 1.29 is 23.5 Å². The van der Waals surface area contributed by atoms with E-state index in [0.29, 0.717) is 58.0 Å². The first-order valence-electron chi connectivity index (χ1n) is 16.5. The Kier molecular flexibility index (Phi) is 9.30. The molecule has 4 aliphatic heterocycles. The number of rotatable bonds is 9. The van der Waals surface area contributed by atoms with E-state index in [4.69, 9.17) is 23.9 Å². The Morgan fingerprint density at radius 3 is 2.49 bits per heavy atom. The van der Waals surface area contributed by atoms with Crippen molar-refractivity contribution in [2.75, 3.05) is 88.6 Å². The average Bonchev–Trinajstić information content (AvgIpc) is 3.69. The van der Waals surface area contributed by atoms with Gasteiger partial charge in [-0.1, -0.05) is 6.92 Å². The van der Waals surface area contributed by atoms with Crippen LogP contribution in [0.2, 0.25) is 0 Å². The van der Waals surface area contributed by atoms with E-state index >= 15 is 0 Å². The fraction of sp³-hybridized carbons (Fsp3) is 0.529. The molecule has 3 saturated heterocycles. The number of hydrogen-bond acceptors (Lipinski definition) is 11. The van der Waals surface area contributed by atoms with Gasteiger partial charge in [-0.3, -0.25) is 4.90 Å². The molecular formula is C34H44BrN6O5P. The zero-order chi connectivity index (χ0) is 32.7. The summed E-state index contributed by atoms with van der Waals surface area (Å²) in [5.41, 5.74) is 3.92. The normalized spacial score (nSPS) is 21.5. The number of halogens is 1. The molecule has 0 bridgehead atoms. The van der Waals surface area contributed by atoms with Gasteiger partial charge in [0.1, 0.15) is 31.9 Å². The Morgan fingerprint density at radius 2 is 1.79 bits per heavy atom. The largest absolute Gasteiger partial charge is 0.494 e. The molecule has 2 aromatic carbocycles. The van der Waals surface area contributed by atoms with Crippen molar-refractivity contribution in [3.05, 3.63) is 40.5 Å². The second kappa shape index (κ2) is 13.5. The fourth-order valence-corrected chi connectivity index (χ4v) is 9.12. The summed E-state index contributed by atoms with van der Waals surface area (Å²) >= 11 is 3.59. The van der Waals surface area contributed by atoms with Gasteiger partial charge in [-0.2, -0.15) is 4.98 Å². The number of anilines is 5. The van der Waals surface area contributed by atoms with Crippen LogP contribution in [0.25, 0.3) is 0 Å². The molecule has 2 N–H and O–H groups in total. The summed E-state index contributed by atoms with van der Waals surface area (Å²) in [5.74, 6) is 4.23. The highest BCUT2D eigenvalue weighted by atomic mass is 79.9. The van der Waals surface area contributed by atoms with Gasteiger partial charge in [-0.15, -0.1) is 0 Å². The lowest BCUT2D eigenvalue weighted by molar-refractivity contribution is 0.130. The smallest absolute Gasteiger partial charge is 0.229 e. The standard InChI is InChI=1S/C34H44BrN6O5P/c1-5-21-14-27(30(43-2)15-28(21)40-10-8-24(9-11-40)41-17-22-19-44-20-23(22)18-41)38-34-36-16-25(35)33(39-34)37-26-6-7-29-31(46-13-12-45-29)32(26)47(3,4)42/h6-7,14-16,22-24H,5,8-13,17-20H2,1-4H3,(H2,36,37,38,39)/t22-,23?/m1/s1. The van der Waals surface area contributed by atoms with Crippen LogP contribution in [0.1, 0.15) is 25.3 Å². The van der Waals surface area contributed by atoms with Gasteiger partial charge in [-0.25, -0.2) is 4.98 Å². The predicted octanol–water partition coefficient (Wildman–Crippen LogP) is 5.86. The molecule has 7 rings (SSSR count). The first-order valence-corrected chi connectivity index (χ1v) is 19.9. The number of nitrogens with one attached hydrogen (secondary N) is 2. The summed E-state index contributed by atoms with van der Waals surface area (Å²) in [5, 5.41) is 7.36. The molecule has 0 amide bonds. The Labute approximate surface area is 285 Å². The van der Waals surface area contributed by atoms with Crippen LogP contribution in [-0.4, -0.2) is 94.0 Å². The number of benzene rings is 2. The molecule has 4 aliphatic rings. The Hall–Kier alpha value is -3.05. The Bertz CT molecular complexity index is 1670. The minimum absolute atomic E-state index is 0.403. The molecule has 47 heavy (non-hydrogen) atoms. The molecule has 0 radical (unpaired) electrons. The molecule has 0 spiro atoms. The molecule has 1 aromatic heterocycles. The molecule has 0 aliphatic carbocycles. The number of fused-ring (bicyclic) bond motifs is 2. The van der Waals surface area contributed by atoms with Crippen LogP contribution in [0.3, 0.4) is 0 Å². The molecule has 3 aromatic rings. The van der Waals surface area contributed by atoms with E-state index in [-0.39, 0.29) is 0 Å². The number of ether oxygens (including phenoxy) is 4. The fourth-order valence-electron chi connectivity index (χ4n) is 7.45. The van der Waals surface area contributed by atoms with Crippen LogP contribution >= 0.6 is 23.1 Å². The van der Waals surface area contributed by atoms with Gasteiger partial charge in [-0.05, 0) is 72.3 Å². The van der Waals surface area contributed by atoms with Crippen molar-refractivity contribution in [1.82, 2.24) is 14.9 Å². The quantitative estimate of drug-likeness (QED) is 0.259. The Balaban J connectivity index is 1.09. The van der Waals surface area contributed by atoms with E-state index in [0.717, 1.165) is 56.0 Å². The number of hydrogen-bond donors (Lipinski definition) is 2. The maximum atomic E-state index is 13.4. The summed E-state index contributed by atoms with van der Waals surface area (Å²) in [6, 6.07) is 8.65. The van der Waals surface area contributed by atoms with Crippen molar-refractivity contribution in [2.24, 2.45) is 11.8 Å². The number of methoxy groups -OCH3 is 1. The van der Waals surface area contributed by atoms with E-state index in [2.05, 4.69) is 60.4 Å². The van der Waals surface area contributed by atoms with Crippen molar-refractivity contribution >= 4 is 57.2 Å². The van der Waals surface area contributed by atoms with E-state index in [1.807, 2.05) is 12.1 Å². The monoisotopic (exact) mass is 726 g/mol. The lowest BCUT2D eigenvalue weighted by Gasteiger charge is -2.39. The molecule has 13 heteroatoms. The van der Waals surface area contributed by atoms with Crippen LogP contribution in [0.15, 0.2) is 34.9 Å². The molecule has 0 saturated carbocycles. The summed E-state index contributed by atoms with van der Waals surface area (Å²) in [6.45, 7) is 12.8. The topological polar surface area (TPSA) is 110 Å². The van der Waals surface area contributed by atoms with Gasteiger partial charge in [0.2, 0.25) is 5.95 Å². The van der Waals surface area contributed by atoms with Crippen LogP contribution < -0.4 is 35.0 Å². The first-order chi connectivity index (χ1) is 22.7. The van der Waals surface area contributed by atoms with Gasteiger partial charge in [0.15, 0.2) is 11.5 Å². The lowest BCUT2D eigenvalue weighted by atomic mass is 10.00. The molecule has 2 atom stereocenters. The zero-order valence-corrected chi connectivity index (χ0v) is 30.0. The van der Waals surface area contributed by atoms with E-state index < -0.39 is 7.14 Å². The maximum Gasteiger partial charge on any atom is 0.229 e. The van der Waals surface area contributed by atoms with Crippen LogP contribution in [0, 0.1) is 11.8 Å². The summed E-state index contributed by atoms with van der Waals surface area (Å²) in [4.78, 5) is 14.6. The van der Waals surface area contributed by atoms with E-state index in [9.17, 15) is 4.57 Å². The third-order valence-electron chi connectivity index (χ3n) is 9.84. The minimum Gasteiger partial charge on any atom is -0.494 e. The zero-order valence-electron chi connectivity index (χ0n) is 27.6. The summed E-state index contributed by atoms with van der Waals surface area (Å²) < 4.78 is 37.4. The van der Waals surface area contributed by atoms with E-state index in [1.54, 1.807) is 26.6 Å². The number of aryl methyl sites for hydroxylation is 1. The third kappa shape index (κ3) is 6.67. The molecule has 252 valence electrons. The van der Waals surface area contributed by atoms with Crippen molar-refractivity contribution in [2.45, 2.75) is 32.2 Å². The number of aromatic nitrogens is 2. The minimum atomic E-state index is -2.75. The maximum absolute atomic E-state index is 13.4. The number of nitrogens with zero attached hydrogens (tertiary/aromatic N) is 4. The highest BCUT2D eigenvalue weighted by Crippen LogP contribution is 2.47. The molecule has 5 heterocycles. The molecular weight excluding hydrogens is 683 g/mol. The number of likely N-dealkylation sites (tertiary alicyclic amines) is 1. The molecule has 1 unspecified atom stereocenters. The summed E-state index contributed by atoms with van der Waals surface area (Å²) in [6.07, 6.45) is 4.92. The van der Waals surface area contributed by atoms with Crippen LogP contribution in [-0.2, 0) is 15.7 Å². The van der Waals surface area contributed by atoms with Crippen molar-refractivity contribution in [3.8, 4) is 17.2 Å². The SMILES string of the molecule is CCc1cc(Nc2ncc(Br)c(Nc3ccc4c(c3P(C)(C)=O)OCCO4)n2)c(OC)cc1N1CCC(N2CC3COC[C@H]3C2)CC1. The average molecular weight is 728 g/mol. The Morgan fingerprint density at radius 1 is 1.04 bits per heavy atom. The van der Waals surface area contributed by atoms with Crippen LogP contribution in [0.5, 0.6) is 17.2 Å². The number of piperidine rings is 1. The van der Waals surface area contributed by atoms with Crippen molar-refractivity contribution in [3.63, 3.8) is 0 Å². The van der Waals surface area contributed by atoms with Gasteiger partial charge in [0.05, 0.1) is 41.5 Å². The highest BCUT2D eigenvalue weighted by molar-refractivity contribution is 9.10. The van der Waals surface area contributed by atoms with Gasteiger partial charge in [0, 0.05) is 62.0 Å². The molecule has 11 nitrogen and oxygen atoms in total. The first kappa shape index (κ1) is 32.5. The second-order valence-corrected chi connectivity index (χ2v) is 17.2. The van der Waals surface area contributed by atoms with Crippen molar-refractivity contribution in [1.29, 1.82) is 0 Å². The van der Waals surface area contributed by atoms with E-state index in [1.165, 1.54) is 37.2 Å².